The fourth-order valence-electron chi connectivity index (χ4n) is 2.28. The summed E-state index contributed by atoms with van der Waals surface area (Å²) in [6, 6.07) is 5.44. The van der Waals surface area contributed by atoms with Gasteiger partial charge in [0, 0.05) is 6.07 Å². The number of aromatic amines is 1. The zero-order valence-corrected chi connectivity index (χ0v) is 13.6. The van der Waals surface area contributed by atoms with Gasteiger partial charge in [0.25, 0.3) is 0 Å². The third-order valence-electron chi connectivity index (χ3n) is 3.55. The van der Waals surface area contributed by atoms with Crippen LogP contribution in [0.2, 0.25) is 0 Å². The van der Waals surface area contributed by atoms with E-state index in [1.54, 1.807) is 19.3 Å². The van der Waals surface area contributed by atoms with E-state index in [9.17, 15) is 14.4 Å². The lowest BCUT2D eigenvalue weighted by Gasteiger charge is -2.06. The molecule has 2 aromatic rings. The van der Waals surface area contributed by atoms with Crippen LogP contribution < -0.4 is 4.74 Å². The molecule has 0 bridgehead atoms. The number of methoxy groups -OCH3 is 1. The minimum Gasteiger partial charge on any atom is -0.497 e. The summed E-state index contributed by atoms with van der Waals surface area (Å²) in [7, 11) is 1.58. The fraction of sp³-hybridized carbons (Fsp3) is 0.176. The molecule has 0 saturated heterocycles. The van der Waals surface area contributed by atoms with Crippen LogP contribution in [-0.4, -0.2) is 40.2 Å². The molecule has 24 heavy (non-hydrogen) atoms. The Hall–Kier alpha value is -2.67. The predicted molar refractivity (Wildman–Crippen MR) is 90.2 cm³/mol. The molecule has 0 fully saturated rings. The lowest BCUT2D eigenvalue weighted by molar-refractivity contribution is -0.138. The van der Waals surface area contributed by atoms with Crippen LogP contribution in [0.15, 0.2) is 47.7 Å². The third-order valence-corrected chi connectivity index (χ3v) is 4.45. The summed E-state index contributed by atoms with van der Waals surface area (Å²) >= 11 is 1.20. The van der Waals surface area contributed by atoms with Gasteiger partial charge in [-0.2, -0.15) is 0 Å². The normalized spacial score (nSPS) is 17.3. The van der Waals surface area contributed by atoms with Crippen molar-refractivity contribution in [3.8, 4) is 5.75 Å². The molecule has 0 aliphatic heterocycles. The van der Waals surface area contributed by atoms with Crippen molar-refractivity contribution in [2.24, 2.45) is 5.92 Å². The monoisotopic (exact) mass is 342 g/mol. The van der Waals surface area contributed by atoms with E-state index in [1.807, 2.05) is 12.1 Å². The zero-order chi connectivity index (χ0) is 17.1. The smallest absolute Gasteiger partial charge is 0.222 e. The van der Waals surface area contributed by atoms with Gasteiger partial charge >= 0.3 is 0 Å². The van der Waals surface area contributed by atoms with Crippen LogP contribution >= 0.6 is 11.8 Å². The molecule has 1 aromatic carbocycles. The van der Waals surface area contributed by atoms with Gasteiger partial charge < -0.3 is 9.72 Å². The highest BCUT2D eigenvalue weighted by atomic mass is 32.2. The van der Waals surface area contributed by atoms with E-state index >= 15 is 0 Å². The number of carbonyl (C=O) groups is 3. The summed E-state index contributed by atoms with van der Waals surface area (Å²) in [5, 5.41) is 0.570. The van der Waals surface area contributed by atoms with Gasteiger partial charge in [0.05, 0.1) is 23.9 Å². The van der Waals surface area contributed by atoms with Crippen LogP contribution in [0.1, 0.15) is 0 Å². The van der Waals surface area contributed by atoms with E-state index in [0.717, 1.165) is 11.0 Å². The molecule has 1 atom stereocenters. The van der Waals surface area contributed by atoms with Crippen molar-refractivity contribution >= 4 is 40.1 Å². The van der Waals surface area contributed by atoms with Crippen molar-refractivity contribution in [2.45, 2.75) is 5.16 Å². The van der Waals surface area contributed by atoms with Crippen molar-refractivity contribution < 1.29 is 19.1 Å². The largest absolute Gasteiger partial charge is 0.497 e. The fourth-order valence-corrected chi connectivity index (χ4v) is 3.09. The minimum absolute atomic E-state index is 0.0466. The molecule has 1 aliphatic rings. The number of H-pyrrole nitrogens is 1. The number of Topliss-reactive ketones (excluding diaryl/α,β-unsaturated/α-hetero) is 2. The number of benzene rings is 1. The molecule has 0 amide bonds. The van der Waals surface area contributed by atoms with Crippen LogP contribution in [0.5, 0.6) is 5.75 Å². The summed E-state index contributed by atoms with van der Waals surface area (Å²) in [5.41, 5.74) is 1.56. The van der Waals surface area contributed by atoms with Gasteiger partial charge in [-0.25, -0.2) is 4.98 Å². The molecule has 1 unspecified atom stereocenters. The number of rotatable bonds is 5. The summed E-state index contributed by atoms with van der Waals surface area (Å²) in [6.07, 6.45) is 5.64. The summed E-state index contributed by atoms with van der Waals surface area (Å²) < 4.78 is 5.15. The average molecular weight is 342 g/mol. The molecule has 3 rings (SSSR count). The molecule has 0 saturated carbocycles. The number of hydrogen-bond donors (Lipinski definition) is 1. The van der Waals surface area contributed by atoms with Crippen LogP contribution in [0.3, 0.4) is 0 Å². The molecule has 1 aromatic heterocycles. The Morgan fingerprint density at radius 3 is 2.96 bits per heavy atom. The first-order valence-electron chi connectivity index (χ1n) is 7.21. The number of nitrogens with one attached hydrogen (secondary N) is 1. The van der Waals surface area contributed by atoms with E-state index in [1.165, 1.54) is 30.0 Å². The Kier molecular flexibility index (Phi) is 4.61. The van der Waals surface area contributed by atoms with Crippen LogP contribution in [0.4, 0.5) is 0 Å². The maximum atomic E-state index is 12.3. The van der Waals surface area contributed by atoms with Crippen molar-refractivity contribution in [1.29, 1.82) is 0 Å². The van der Waals surface area contributed by atoms with Gasteiger partial charge in [-0.15, -0.1) is 0 Å². The second-order valence-electron chi connectivity index (χ2n) is 5.13. The summed E-state index contributed by atoms with van der Waals surface area (Å²) in [4.78, 5) is 43.1. The van der Waals surface area contributed by atoms with Crippen LogP contribution in [-0.2, 0) is 14.4 Å². The lowest BCUT2D eigenvalue weighted by Crippen LogP contribution is -2.28. The van der Waals surface area contributed by atoms with Crippen molar-refractivity contribution in [2.75, 3.05) is 12.9 Å². The number of carbonyl (C=O) groups excluding carboxylic acids is 3. The Morgan fingerprint density at radius 2 is 2.17 bits per heavy atom. The van der Waals surface area contributed by atoms with Crippen molar-refractivity contribution in [1.82, 2.24) is 9.97 Å². The second kappa shape index (κ2) is 6.84. The van der Waals surface area contributed by atoms with Crippen molar-refractivity contribution in [3.63, 3.8) is 0 Å². The molecule has 1 aliphatic carbocycles. The maximum Gasteiger partial charge on any atom is 0.222 e. The molecule has 1 heterocycles. The van der Waals surface area contributed by atoms with Gasteiger partial charge in [0.1, 0.15) is 11.7 Å². The number of fused-ring (bicyclic) bond motifs is 1. The molecular weight excluding hydrogens is 328 g/mol. The zero-order valence-electron chi connectivity index (χ0n) is 12.8. The standard InChI is InChI=1S/C17H14N2O4S/c1-23-10-6-7-12-13(8-10)19-17(18-12)24-9-15(21)11-4-2-3-5-14(20)16(11)22/h2-8,11H,9H2,1H3,(H,18,19). The number of aromatic nitrogens is 2. The number of ether oxygens (including phenoxy) is 1. The maximum absolute atomic E-state index is 12.3. The molecule has 0 spiro atoms. The Morgan fingerprint density at radius 1 is 1.33 bits per heavy atom. The van der Waals surface area contributed by atoms with E-state index in [-0.39, 0.29) is 11.5 Å². The van der Waals surface area contributed by atoms with E-state index < -0.39 is 17.5 Å². The van der Waals surface area contributed by atoms with Crippen LogP contribution in [0, 0.1) is 5.92 Å². The van der Waals surface area contributed by atoms with Gasteiger partial charge in [-0.05, 0) is 18.2 Å². The average Bonchev–Trinajstić information content (AvgIpc) is 2.92. The molecular formula is C17H14N2O4S. The number of ketones is 3. The Balaban J connectivity index is 1.70. The van der Waals surface area contributed by atoms with E-state index in [0.29, 0.717) is 10.9 Å². The lowest BCUT2D eigenvalue weighted by atomic mass is 9.98. The first-order valence-corrected chi connectivity index (χ1v) is 8.19. The van der Waals surface area contributed by atoms with Gasteiger partial charge in [0.2, 0.25) is 11.6 Å². The molecule has 1 N–H and O–H groups in total. The van der Waals surface area contributed by atoms with Gasteiger partial charge in [-0.3, -0.25) is 14.4 Å². The number of nitrogens with zero attached hydrogens (tertiary/aromatic N) is 1. The highest BCUT2D eigenvalue weighted by Crippen LogP contribution is 2.24. The molecule has 6 nitrogen and oxygen atoms in total. The number of imidazole rings is 1. The topological polar surface area (TPSA) is 89.1 Å². The van der Waals surface area contributed by atoms with E-state index in [2.05, 4.69) is 9.97 Å². The minimum atomic E-state index is -1.02. The van der Waals surface area contributed by atoms with Crippen LogP contribution in [0.25, 0.3) is 11.0 Å². The first-order chi connectivity index (χ1) is 11.6. The highest BCUT2D eigenvalue weighted by molar-refractivity contribution is 7.99. The van der Waals surface area contributed by atoms with Gasteiger partial charge in [-0.1, -0.05) is 30.0 Å². The summed E-state index contributed by atoms with van der Waals surface area (Å²) in [5.74, 6) is -1.94. The second-order valence-corrected chi connectivity index (χ2v) is 6.09. The highest BCUT2D eigenvalue weighted by Gasteiger charge is 2.28. The third kappa shape index (κ3) is 3.30. The number of allylic oxidation sites excluding steroid dienone is 4. The number of hydrogen-bond acceptors (Lipinski definition) is 6. The first kappa shape index (κ1) is 16.2. The number of thioether (sulfide) groups is 1. The van der Waals surface area contributed by atoms with E-state index in [4.69, 9.17) is 4.74 Å². The quantitative estimate of drug-likeness (QED) is 0.508. The van der Waals surface area contributed by atoms with Gasteiger partial charge in [0.15, 0.2) is 10.9 Å². The van der Waals surface area contributed by atoms with Crippen molar-refractivity contribution in [3.05, 3.63) is 42.5 Å². The predicted octanol–water partition coefficient (Wildman–Crippen LogP) is 2.11. The molecule has 0 radical (unpaired) electrons. The SMILES string of the molecule is COc1ccc2nc(SCC(=O)C3C=CC=CC(=O)C3=O)[nH]c2c1. The molecule has 7 heteroatoms. The Labute approximate surface area is 142 Å². The summed E-state index contributed by atoms with van der Waals surface area (Å²) in [6.45, 7) is 0. The Bertz CT molecular complexity index is 882. The molecule has 122 valence electrons.